The molecule has 0 radical (unpaired) electrons. The van der Waals surface area contributed by atoms with Crippen LogP contribution in [0.4, 0.5) is 0 Å². The summed E-state index contributed by atoms with van der Waals surface area (Å²) in [6, 6.07) is 7.52. The van der Waals surface area contributed by atoms with E-state index in [0.29, 0.717) is 23.4 Å². The maximum atomic E-state index is 13.1. The Balaban J connectivity index is 1.40. The Morgan fingerprint density at radius 3 is 2.88 bits per heavy atom. The molecule has 1 aromatic heterocycles. The van der Waals surface area contributed by atoms with Crippen LogP contribution in [0.15, 0.2) is 24.3 Å². The number of para-hydroxylation sites is 1. The van der Waals surface area contributed by atoms with E-state index < -0.39 is 0 Å². The van der Waals surface area contributed by atoms with E-state index in [4.69, 9.17) is 0 Å². The van der Waals surface area contributed by atoms with Crippen molar-refractivity contribution in [2.75, 3.05) is 19.6 Å². The van der Waals surface area contributed by atoms with Crippen LogP contribution in [0.5, 0.6) is 0 Å². The lowest BCUT2D eigenvalue weighted by molar-refractivity contribution is -0.144. The molecule has 5 nitrogen and oxygen atoms in total. The molecule has 1 saturated carbocycles. The quantitative estimate of drug-likeness (QED) is 0.851. The molecule has 130 valence electrons. The maximum absolute atomic E-state index is 13.1. The molecule has 6 heteroatoms. The van der Waals surface area contributed by atoms with Crippen molar-refractivity contribution in [3.8, 4) is 0 Å². The molecule has 2 aliphatic heterocycles. The number of fused-ring (bicyclic) bond motifs is 3. The first-order valence-electron chi connectivity index (χ1n) is 9.14. The van der Waals surface area contributed by atoms with Crippen LogP contribution in [-0.2, 0) is 4.79 Å². The first-order chi connectivity index (χ1) is 12.2. The number of likely N-dealkylation sites (tertiary alicyclic amines) is 2. The fourth-order valence-corrected chi connectivity index (χ4v) is 5.08. The van der Waals surface area contributed by atoms with Gasteiger partial charge in [-0.15, -0.1) is 11.3 Å². The third kappa shape index (κ3) is 2.72. The number of rotatable bonds is 3. The molecule has 1 aliphatic carbocycles. The van der Waals surface area contributed by atoms with Gasteiger partial charge in [0.05, 0.1) is 10.2 Å². The molecule has 3 fully saturated rings. The standard InChI is InChI=1S/C19H21N3O2S/c23-18-15-9-13(11-21(18)10-12-5-6-12)7-8-22(15)19(24)17-20-14-3-1-2-4-16(14)25-17/h1-4,12-13,15H,5-11H2/t13-,15+/m0/s1. The second-order valence-electron chi connectivity index (χ2n) is 7.58. The van der Waals surface area contributed by atoms with E-state index >= 15 is 0 Å². The van der Waals surface area contributed by atoms with Crippen LogP contribution in [0.1, 0.15) is 35.5 Å². The van der Waals surface area contributed by atoms with E-state index in [0.717, 1.165) is 36.1 Å². The number of aromatic nitrogens is 1. The van der Waals surface area contributed by atoms with Crippen molar-refractivity contribution < 1.29 is 9.59 Å². The Hall–Kier alpha value is -1.95. The highest BCUT2D eigenvalue weighted by molar-refractivity contribution is 7.20. The Morgan fingerprint density at radius 2 is 2.08 bits per heavy atom. The topological polar surface area (TPSA) is 53.5 Å². The van der Waals surface area contributed by atoms with Gasteiger partial charge >= 0.3 is 0 Å². The zero-order valence-electron chi connectivity index (χ0n) is 14.1. The summed E-state index contributed by atoms with van der Waals surface area (Å²) >= 11 is 1.43. The SMILES string of the molecule is O=C1[C@H]2C[C@H](CCN2C(=O)c2nc3ccccc3s2)CN1CC1CC1. The van der Waals surface area contributed by atoms with Crippen molar-refractivity contribution in [1.82, 2.24) is 14.8 Å². The molecule has 2 atom stereocenters. The van der Waals surface area contributed by atoms with E-state index in [2.05, 4.69) is 4.98 Å². The fourth-order valence-electron chi connectivity index (χ4n) is 4.16. The molecule has 3 heterocycles. The lowest BCUT2D eigenvalue weighted by Gasteiger charge is -2.46. The molecular weight excluding hydrogens is 334 g/mol. The van der Waals surface area contributed by atoms with Crippen LogP contribution in [0.2, 0.25) is 0 Å². The van der Waals surface area contributed by atoms with Crippen molar-refractivity contribution >= 4 is 33.4 Å². The maximum Gasteiger partial charge on any atom is 0.283 e. The van der Waals surface area contributed by atoms with Gasteiger partial charge in [-0.1, -0.05) is 12.1 Å². The highest BCUT2D eigenvalue weighted by Crippen LogP contribution is 2.36. The average Bonchev–Trinajstić information content (AvgIpc) is 3.33. The number of carbonyl (C=O) groups is 2. The Bertz CT molecular complexity index is 811. The van der Waals surface area contributed by atoms with Crippen molar-refractivity contribution in [3.05, 3.63) is 29.3 Å². The van der Waals surface area contributed by atoms with Gasteiger partial charge in [-0.3, -0.25) is 9.59 Å². The number of hydrogen-bond acceptors (Lipinski definition) is 4. The third-order valence-corrected chi connectivity index (χ3v) is 6.72. The molecule has 0 spiro atoms. The molecule has 0 N–H and O–H groups in total. The van der Waals surface area contributed by atoms with Gasteiger partial charge in [0.2, 0.25) is 5.91 Å². The Labute approximate surface area is 150 Å². The van der Waals surface area contributed by atoms with Crippen molar-refractivity contribution in [2.24, 2.45) is 11.8 Å². The Morgan fingerprint density at radius 1 is 1.24 bits per heavy atom. The van der Waals surface area contributed by atoms with Crippen molar-refractivity contribution in [3.63, 3.8) is 0 Å². The predicted molar refractivity (Wildman–Crippen MR) is 96.5 cm³/mol. The minimum absolute atomic E-state index is 0.0775. The van der Waals surface area contributed by atoms with Gasteiger partial charge in [0.15, 0.2) is 5.01 Å². The number of amides is 2. The molecule has 1 aromatic carbocycles. The molecule has 2 bridgehead atoms. The summed E-state index contributed by atoms with van der Waals surface area (Å²) in [4.78, 5) is 34.3. The first kappa shape index (κ1) is 15.3. The Kier molecular flexibility index (Phi) is 3.55. The van der Waals surface area contributed by atoms with Gasteiger partial charge in [0, 0.05) is 19.6 Å². The van der Waals surface area contributed by atoms with E-state index in [-0.39, 0.29) is 17.9 Å². The monoisotopic (exact) mass is 355 g/mol. The number of hydrogen-bond donors (Lipinski definition) is 0. The number of benzene rings is 1. The summed E-state index contributed by atoms with van der Waals surface area (Å²) in [5, 5.41) is 0.506. The van der Waals surface area contributed by atoms with Crippen LogP contribution >= 0.6 is 11.3 Å². The normalized spacial score (nSPS) is 26.3. The third-order valence-electron chi connectivity index (χ3n) is 5.70. The largest absolute Gasteiger partial charge is 0.340 e. The summed E-state index contributed by atoms with van der Waals surface area (Å²) in [5.41, 5.74) is 0.857. The molecular formula is C19H21N3O2S. The highest BCUT2D eigenvalue weighted by atomic mass is 32.1. The first-order valence-corrected chi connectivity index (χ1v) is 9.96. The molecule has 25 heavy (non-hydrogen) atoms. The zero-order chi connectivity index (χ0) is 17.0. The van der Waals surface area contributed by atoms with Gasteiger partial charge in [0.25, 0.3) is 5.91 Å². The molecule has 5 rings (SSSR count). The lowest BCUT2D eigenvalue weighted by Crippen LogP contribution is -2.60. The summed E-state index contributed by atoms with van der Waals surface area (Å²) in [5.74, 6) is 1.31. The summed E-state index contributed by atoms with van der Waals surface area (Å²) in [6.07, 6.45) is 4.29. The number of thiazole rings is 1. The molecule has 2 amide bonds. The molecule has 3 aliphatic rings. The van der Waals surface area contributed by atoms with Gasteiger partial charge in [-0.25, -0.2) is 4.98 Å². The van der Waals surface area contributed by atoms with E-state index in [1.807, 2.05) is 29.2 Å². The summed E-state index contributed by atoms with van der Waals surface area (Å²) < 4.78 is 1.02. The zero-order valence-corrected chi connectivity index (χ0v) is 14.9. The van der Waals surface area contributed by atoms with E-state index in [9.17, 15) is 9.59 Å². The lowest BCUT2D eigenvalue weighted by atomic mass is 9.85. The second-order valence-corrected chi connectivity index (χ2v) is 8.61. The van der Waals surface area contributed by atoms with Crippen LogP contribution in [-0.4, -0.2) is 52.3 Å². The van der Waals surface area contributed by atoms with Crippen LogP contribution < -0.4 is 0 Å². The van der Waals surface area contributed by atoms with Crippen LogP contribution in [0, 0.1) is 11.8 Å². The van der Waals surface area contributed by atoms with Gasteiger partial charge in [-0.05, 0) is 49.7 Å². The highest BCUT2D eigenvalue weighted by Gasteiger charge is 2.44. The number of nitrogens with zero attached hydrogens (tertiary/aromatic N) is 3. The minimum Gasteiger partial charge on any atom is -0.340 e. The van der Waals surface area contributed by atoms with Gasteiger partial charge < -0.3 is 9.80 Å². The second kappa shape index (κ2) is 5.80. The smallest absolute Gasteiger partial charge is 0.283 e. The summed E-state index contributed by atoms with van der Waals surface area (Å²) in [7, 11) is 0. The van der Waals surface area contributed by atoms with E-state index in [1.165, 1.54) is 24.2 Å². The number of piperidine rings is 2. The minimum atomic E-state index is -0.286. The fraction of sp³-hybridized carbons (Fsp3) is 0.526. The molecule has 0 unspecified atom stereocenters. The van der Waals surface area contributed by atoms with E-state index in [1.54, 1.807) is 4.90 Å². The number of carbonyl (C=O) groups excluding carboxylic acids is 2. The summed E-state index contributed by atoms with van der Waals surface area (Å²) in [6.45, 7) is 2.44. The molecule has 2 aromatic rings. The van der Waals surface area contributed by atoms with Crippen molar-refractivity contribution in [1.29, 1.82) is 0 Å². The molecule has 2 saturated heterocycles. The van der Waals surface area contributed by atoms with Crippen LogP contribution in [0.25, 0.3) is 10.2 Å². The average molecular weight is 355 g/mol. The van der Waals surface area contributed by atoms with Gasteiger partial charge in [-0.2, -0.15) is 0 Å². The van der Waals surface area contributed by atoms with Crippen LogP contribution in [0.3, 0.4) is 0 Å². The van der Waals surface area contributed by atoms with Gasteiger partial charge in [0.1, 0.15) is 6.04 Å². The van der Waals surface area contributed by atoms with Crippen molar-refractivity contribution in [2.45, 2.75) is 31.7 Å². The predicted octanol–water partition coefficient (Wildman–Crippen LogP) is 2.77.